The van der Waals surface area contributed by atoms with Gasteiger partial charge in [0.15, 0.2) is 0 Å². The molecule has 0 radical (unpaired) electrons. The van der Waals surface area contributed by atoms with Crippen molar-refractivity contribution < 1.29 is 35.9 Å². The molecule has 5 nitrogen and oxygen atoms in total. The minimum Gasteiger partial charge on any atom is -0.481 e. The smallest absolute Gasteiger partial charge is 0.419 e. The Morgan fingerprint density at radius 3 is 2.35 bits per heavy atom. The van der Waals surface area contributed by atoms with E-state index < -0.39 is 50.3 Å². The van der Waals surface area contributed by atoms with Crippen LogP contribution in [-0.2, 0) is 21.0 Å². The lowest BCUT2D eigenvalue weighted by Crippen LogP contribution is -2.30. The Kier molecular flexibility index (Phi) is 4.42. The number of benzene rings is 1. The number of carbonyl (C=O) groups is 1. The number of hydrogen-bond donors (Lipinski definition) is 1. The second-order valence-electron chi connectivity index (χ2n) is 5.38. The maximum absolute atomic E-state index is 13.5. The van der Waals surface area contributed by atoms with Crippen LogP contribution in [0.25, 0.3) is 0 Å². The van der Waals surface area contributed by atoms with Gasteiger partial charge in [-0.05, 0) is 24.1 Å². The van der Waals surface area contributed by atoms with Gasteiger partial charge in [-0.1, -0.05) is 6.92 Å². The van der Waals surface area contributed by atoms with Crippen molar-refractivity contribution in [1.82, 2.24) is 4.31 Å². The van der Waals surface area contributed by atoms with Crippen LogP contribution in [0.2, 0.25) is 0 Å². The van der Waals surface area contributed by atoms with E-state index in [4.69, 9.17) is 5.11 Å². The molecule has 2 atom stereocenters. The fourth-order valence-electron chi connectivity index (χ4n) is 2.48. The quantitative estimate of drug-likeness (QED) is 0.844. The lowest BCUT2D eigenvalue weighted by atomic mass is 9.99. The highest BCUT2D eigenvalue weighted by Crippen LogP contribution is 2.34. The summed E-state index contributed by atoms with van der Waals surface area (Å²) in [6, 6.07) is 1.33. The molecule has 0 unspecified atom stereocenters. The maximum atomic E-state index is 13.5. The van der Waals surface area contributed by atoms with Crippen LogP contribution in [0.3, 0.4) is 0 Å². The van der Waals surface area contributed by atoms with Gasteiger partial charge in [0.2, 0.25) is 10.0 Å². The zero-order valence-electron chi connectivity index (χ0n) is 11.8. The monoisotopic (exact) mass is 355 g/mol. The van der Waals surface area contributed by atoms with Gasteiger partial charge >= 0.3 is 12.1 Å². The molecule has 128 valence electrons. The average Bonchev–Trinajstić information content (AvgIpc) is 2.80. The number of aliphatic carboxylic acids is 1. The normalized spacial score (nSPS) is 23.2. The highest BCUT2D eigenvalue weighted by molar-refractivity contribution is 7.89. The van der Waals surface area contributed by atoms with Gasteiger partial charge < -0.3 is 5.11 Å². The van der Waals surface area contributed by atoms with Gasteiger partial charge in [-0.3, -0.25) is 4.79 Å². The van der Waals surface area contributed by atoms with E-state index >= 15 is 0 Å². The van der Waals surface area contributed by atoms with Crippen LogP contribution in [0.4, 0.5) is 17.6 Å². The Morgan fingerprint density at radius 1 is 1.30 bits per heavy atom. The molecule has 1 N–H and O–H groups in total. The van der Waals surface area contributed by atoms with Gasteiger partial charge in [0.1, 0.15) is 5.82 Å². The second-order valence-corrected chi connectivity index (χ2v) is 7.32. The van der Waals surface area contributed by atoms with Crippen molar-refractivity contribution in [3.05, 3.63) is 29.6 Å². The average molecular weight is 355 g/mol. The van der Waals surface area contributed by atoms with E-state index in [-0.39, 0.29) is 13.1 Å². The summed E-state index contributed by atoms with van der Waals surface area (Å²) in [6.07, 6.45) is -4.93. The largest absolute Gasteiger partial charge is 0.481 e. The highest BCUT2D eigenvalue weighted by atomic mass is 32.2. The standard InChI is InChI=1S/C13H13F4NO4S/c1-7-5-18(6-9(7)12(19)20)23(21,22)8-2-3-10(11(14)4-8)13(15,16)17/h2-4,7,9H,5-6H2,1H3,(H,19,20)/t7-,9-/m1/s1. The molecule has 0 aromatic heterocycles. The van der Waals surface area contributed by atoms with Crippen molar-refractivity contribution in [3.63, 3.8) is 0 Å². The third-order valence-corrected chi connectivity index (χ3v) is 5.61. The lowest BCUT2D eigenvalue weighted by molar-refractivity contribution is -0.142. The predicted octanol–water partition coefficient (Wildman–Crippen LogP) is 2.19. The Labute approximate surface area is 129 Å². The van der Waals surface area contributed by atoms with Crippen LogP contribution in [0, 0.1) is 17.7 Å². The van der Waals surface area contributed by atoms with E-state index in [0.717, 1.165) is 4.31 Å². The van der Waals surface area contributed by atoms with Gasteiger partial charge in [-0.2, -0.15) is 17.5 Å². The van der Waals surface area contributed by atoms with E-state index in [2.05, 4.69) is 0 Å². The Hall–Kier alpha value is -1.68. The molecule has 1 aliphatic heterocycles. The van der Waals surface area contributed by atoms with Crippen LogP contribution in [0.5, 0.6) is 0 Å². The molecule has 1 heterocycles. The molecule has 23 heavy (non-hydrogen) atoms. The van der Waals surface area contributed by atoms with Crippen molar-refractivity contribution in [3.8, 4) is 0 Å². The summed E-state index contributed by atoms with van der Waals surface area (Å²) in [5.74, 6) is -4.22. The number of sulfonamides is 1. The highest BCUT2D eigenvalue weighted by Gasteiger charge is 2.41. The van der Waals surface area contributed by atoms with Crippen LogP contribution in [0.15, 0.2) is 23.1 Å². The maximum Gasteiger partial charge on any atom is 0.419 e. The Morgan fingerprint density at radius 2 is 1.91 bits per heavy atom. The summed E-state index contributed by atoms with van der Waals surface area (Å²) < 4.78 is 76.6. The number of rotatable bonds is 3. The molecule has 10 heteroatoms. The van der Waals surface area contributed by atoms with Crippen LogP contribution in [-0.4, -0.2) is 36.9 Å². The SMILES string of the molecule is C[C@@H]1CN(S(=O)(=O)c2ccc(C(F)(F)F)c(F)c2)C[C@H]1C(=O)O. The zero-order valence-corrected chi connectivity index (χ0v) is 12.7. The fourth-order valence-corrected chi connectivity index (χ4v) is 4.05. The first-order valence-corrected chi connectivity index (χ1v) is 7.98. The number of carboxylic acid groups (broad SMARTS) is 1. The van der Waals surface area contributed by atoms with Gasteiger partial charge in [0, 0.05) is 13.1 Å². The predicted molar refractivity (Wildman–Crippen MR) is 70.5 cm³/mol. The molecule has 0 saturated carbocycles. The third-order valence-electron chi connectivity index (χ3n) is 3.78. The molecule has 1 saturated heterocycles. The number of hydrogen-bond acceptors (Lipinski definition) is 3. The third kappa shape index (κ3) is 3.32. The summed E-state index contributed by atoms with van der Waals surface area (Å²) >= 11 is 0. The minimum atomic E-state index is -4.93. The molecule has 1 aromatic carbocycles. The number of alkyl halides is 3. The molecule has 1 aromatic rings. The lowest BCUT2D eigenvalue weighted by Gasteiger charge is -2.17. The summed E-state index contributed by atoms with van der Waals surface area (Å²) in [4.78, 5) is 10.4. The molecule has 0 aliphatic carbocycles. The number of halogens is 4. The summed E-state index contributed by atoms with van der Waals surface area (Å²) in [5, 5.41) is 9.00. The van der Waals surface area contributed by atoms with Gasteiger partial charge in [-0.25, -0.2) is 12.8 Å². The Bertz CT molecular complexity index is 732. The fraction of sp³-hybridized carbons (Fsp3) is 0.462. The van der Waals surface area contributed by atoms with Crippen LogP contribution in [0.1, 0.15) is 12.5 Å². The molecule has 2 rings (SSSR count). The zero-order chi connectivity index (χ0) is 17.6. The molecular weight excluding hydrogens is 342 g/mol. The summed E-state index contributed by atoms with van der Waals surface area (Å²) in [5.41, 5.74) is -1.56. The van der Waals surface area contributed by atoms with Crippen LogP contribution < -0.4 is 0 Å². The first-order chi connectivity index (χ1) is 10.4. The molecule has 0 bridgehead atoms. The number of nitrogens with zero attached hydrogens (tertiary/aromatic N) is 1. The van der Waals surface area contributed by atoms with Gasteiger partial charge in [0.25, 0.3) is 0 Å². The first-order valence-electron chi connectivity index (χ1n) is 6.54. The van der Waals surface area contributed by atoms with Crippen molar-refractivity contribution >= 4 is 16.0 Å². The molecule has 0 spiro atoms. The summed E-state index contributed by atoms with van der Waals surface area (Å²) in [7, 11) is -4.26. The van der Waals surface area contributed by atoms with E-state index in [1.165, 1.54) is 0 Å². The van der Waals surface area contributed by atoms with Crippen molar-refractivity contribution in [2.75, 3.05) is 13.1 Å². The number of carboxylic acids is 1. The van der Waals surface area contributed by atoms with Gasteiger partial charge in [0.05, 0.1) is 16.4 Å². The van der Waals surface area contributed by atoms with Crippen LogP contribution >= 0.6 is 0 Å². The second kappa shape index (κ2) is 5.75. The molecular formula is C13H13F4NO4S. The topological polar surface area (TPSA) is 74.7 Å². The minimum absolute atomic E-state index is 0.0953. The van der Waals surface area contributed by atoms with E-state index in [0.29, 0.717) is 18.2 Å². The van der Waals surface area contributed by atoms with E-state index in [9.17, 15) is 30.8 Å². The van der Waals surface area contributed by atoms with Gasteiger partial charge in [-0.15, -0.1) is 0 Å². The van der Waals surface area contributed by atoms with Crippen molar-refractivity contribution in [2.24, 2.45) is 11.8 Å². The van der Waals surface area contributed by atoms with Crippen molar-refractivity contribution in [2.45, 2.75) is 18.0 Å². The summed E-state index contributed by atoms with van der Waals surface area (Å²) in [6.45, 7) is 1.16. The molecule has 1 aliphatic rings. The molecule has 1 fully saturated rings. The Balaban J connectivity index is 2.35. The first kappa shape index (κ1) is 17.7. The van der Waals surface area contributed by atoms with E-state index in [1.54, 1.807) is 6.92 Å². The van der Waals surface area contributed by atoms with Crippen molar-refractivity contribution in [1.29, 1.82) is 0 Å². The molecule has 0 amide bonds. The van der Waals surface area contributed by atoms with E-state index in [1.807, 2.05) is 0 Å².